The summed E-state index contributed by atoms with van der Waals surface area (Å²) in [5.41, 5.74) is 3.63. The van der Waals surface area contributed by atoms with Crippen LogP contribution in [0.2, 0.25) is 10.0 Å². The van der Waals surface area contributed by atoms with E-state index < -0.39 is 24.1 Å². The average Bonchev–Trinajstić information content (AvgIpc) is 3.33. The number of hydrogen-bond acceptors (Lipinski definition) is 10. The molecule has 15 heteroatoms. The standard InChI is InChI=1S/C23H24Cl2N6S.C4H6O6/c1-32-13-12-29-8-10-30(11-9-29)23-28-27-21-15-26-22(17-4-2-3-5-19(17)25)18-14-16(24)6-7-20(18)31(21)23;5-1(3(7)8)2(6)4(9)10/h2-7,14H,8-13,15H2,1H3;1-2,5-6H,(H,7,8)(H,9,10)/t;1-,2-/m.1/s1. The molecule has 12 nitrogen and oxygen atoms in total. The Balaban J connectivity index is 0.000000349. The Hall–Kier alpha value is -3.20. The van der Waals surface area contributed by atoms with Gasteiger partial charge in [0.05, 0.1) is 11.4 Å². The predicted molar refractivity (Wildman–Crippen MR) is 161 cm³/mol. The number of thioether (sulfide) groups is 1. The van der Waals surface area contributed by atoms with Crippen LogP contribution in [0.4, 0.5) is 5.95 Å². The average molecular weight is 638 g/mol. The number of carboxylic acids is 2. The van der Waals surface area contributed by atoms with Gasteiger partial charge in [0.1, 0.15) is 6.54 Å². The van der Waals surface area contributed by atoms with E-state index in [9.17, 15) is 9.59 Å². The molecule has 2 aromatic carbocycles. The number of aliphatic hydroxyl groups excluding tert-OH is 2. The first-order valence-electron chi connectivity index (χ1n) is 12.9. The van der Waals surface area contributed by atoms with E-state index in [0.29, 0.717) is 16.6 Å². The number of hydrogen-bond donors (Lipinski definition) is 4. The Morgan fingerprint density at radius 1 is 0.952 bits per heavy atom. The molecule has 3 heterocycles. The summed E-state index contributed by atoms with van der Waals surface area (Å²) in [5, 5.41) is 42.9. The zero-order valence-electron chi connectivity index (χ0n) is 22.6. The Morgan fingerprint density at radius 2 is 1.62 bits per heavy atom. The number of carbonyl (C=O) groups is 2. The molecule has 1 saturated heterocycles. The summed E-state index contributed by atoms with van der Waals surface area (Å²) in [7, 11) is 0. The molecule has 4 N–H and O–H groups in total. The van der Waals surface area contributed by atoms with Crippen LogP contribution in [-0.4, -0.2) is 115 Å². The van der Waals surface area contributed by atoms with E-state index in [1.807, 2.05) is 54.2 Å². The van der Waals surface area contributed by atoms with Crippen LogP contribution in [-0.2, 0) is 16.1 Å². The van der Waals surface area contributed by atoms with Crippen LogP contribution in [0, 0.1) is 0 Å². The Morgan fingerprint density at radius 3 is 2.24 bits per heavy atom. The maximum atomic E-state index is 9.77. The van der Waals surface area contributed by atoms with Gasteiger partial charge in [-0.1, -0.05) is 41.4 Å². The van der Waals surface area contributed by atoms with Crippen LogP contribution in [0.3, 0.4) is 0 Å². The SMILES string of the molecule is CSCCN1CCN(c2nnc3n2-c2ccc(Cl)cc2C(c2ccccc2Cl)=NC3)CC1.O=C(O)[C@H](O)[C@@H](O)C(=O)O. The number of aliphatic hydroxyl groups is 2. The zero-order chi connectivity index (χ0) is 30.4. The van der Waals surface area contributed by atoms with Gasteiger partial charge in [-0.2, -0.15) is 11.8 Å². The Labute approximate surface area is 256 Å². The molecule has 2 aliphatic rings. The van der Waals surface area contributed by atoms with Crippen molar-refractivity contribution in [2.75, 3.05) is 49.6 Å². The predicted octanol–water partition coefficient (Wildman–Crippen LogP) is 2.29. The quantitative estimate of drug-likeness (QED) is 0.287. The van der Waals surface area contributed by atoms with Gasteiger partial charge >= 0.3 is 11.9 Å². The van der Waals surface area contributed by atoms with Gasteiger partial charge in [-0.3, -0.25) is 14.5 Å². The third kappa shape index (κ3) is 7.22. The number of benzene rings is 2. The molecule has 3 aromatic rings. The normalized spacial score (nSPS) is 16.2. The van der Waals surface area contributed by atoms with Gasteiger partial charge in [0.25, 0.3) is 0 Å². The fourth-order valence-electron chi connectivity index (χ4n) is 4.53. The number of aromatic nitrogens is 3. The number of anilines is 1. The molecule has 2 aliphatic heterocycles. The summed E-state index contributed by atoms with van der Waals surface area (Å²) >= 11 is 14.9. The molecule has 1 aromatic heterocycles. The largest absolute Gasteiger partial charge is 0.479 e. The first-order chi connectivity index (χ1) is 20.1. The maximum Gasteiger partial charge on any atom is 0.335 e. The van der Waals surface area contributed by atoms with Crippen molar-refractivity contribution < 1.29 is 30.0 Å². The van der Waals surface area contributed by atoms with Crippen molar-refractivity contribution in [1.82, 2.24) is 19.7 Å². The van der Waals surface area contributed by atoms with Crippen molar-refractivity contribution in [2.24, 2.45) is 4.99 Å². The lowest BCUT2D eigenvalue weighted by atomic mass is 10.0. The molecule has 42 heavy (non-hydrogen) atoms. The van der Waals surface area contributed by atoms with Crippen LogP contribution in [0.5, 0.6) is 0 Å². The molecular weight excluding hydrogens is 607 g/mol. The van der Waals surface area contributed by atoms with Gasteiger partial charge in [-0.15, -0.1) is 10.2 Å². The number of aliphatic carboxylic acids is 2. The number of nitrogens with zero attached hydrogens (tertiary/aromatic N) is 6. The van der Waals surface area contributed by atoms with Gasteiger partial charge in [0, 0.05) is 59.6 Å². The molecular formula is C27H30Cl2N6O6S. The third-order valence-electron chi connectivity index (χ3n) is 6.75. The van der Waals surface area contributed by atoms with Gasteiger partial charge in [-0.25, -0.2) is 9.59 Å². The lowest BCUT2D eigenvalue weighted by Gasteiger charge is -2.35. The molecule has 0 aliphatic carbocycles. The van der Waals surface area contributed by atoms with Gasteiger partial charge < -0.3 is 25.3 Å². The molecule has 0 spiro atoms. The van der Waals surface area contributed by atoms with E-state index in [2.05, 4.69) is 30.8 Å². The molecule has 1 fully saturated rings. The molecule has 0 saturated carbocycles. The third-order valence-corrected chi connectivity index (χ3v) is 7.90. The number of carboxylic acid groups (broad SMARTS) is 2. The second-order valence-electron chi connectivity index (χ2n) is 9.45. The molecule has 224 valence electrons. The lowest BCUT2D eigenvalue weighted by molar-refractivity contribution is -0.165. The van der Waals surface area contributed by atoms with Crippen LogP contribution in [0.1, 0.15) is 17.0 Å². The van der Waals surface area contributed by atoms with E-state index in [-0.39, 0.29) is 0 Å². The Bertz CT molecular complexity index is 1440. The zero-order valence-corrected chi connectivity index (χ0v) is 24.9. The molecule has 0 radical (unpaired) electrons. The molecule has 0 bridgehead atoms. The van der Waals surface area contributed by atoms with Crippen LogP contribution >= 0.6 is 35.0 Å². The summed E-state index contributed by atoms with van der Waals surface area (Å²) in [5.74, 6) is -0.694. The van der Waals surface area contributed by atoms with E-state index in [1.54, 1.807) is 0 Å². The second-order valence-corrected chi connectivity index (χ2v) is 11.3. The topological polar surface area (TPSA) is 165 Å². The number of halogens is 2. The first kappa shape index (κ1) is 31.7. The van der Waals surface area contributed by atoms with Crippen molar-refractivity contribution in [1.29, 1.82) is 0 Å². The van der Waals surface area contributed by atoms with Crippen LogP contribution in [0.15, 0.2) is 47.5 Å². The molecule has 2 atom stereocenters. The van der Waals surface area contributed by atoms with Crippen LogP contribution in [0.25, 0.3) is 5.69 Å². The minimum absolute atomic E-state index is 0.424. The van der Waals surface area contributed by atoms with Crippen molar-refractivity contribution in [3.8, 4) is 5.69 Å². The summed E-state index contributed by atoms with van der Waals surface area (Å²) in [6.07, 6.45) is -2.38. The van der Waals surface area contributed by atoms with E-state index in [0.717, 1.165) is 72.8 Å². The fourth-order valence-corrected chi connectivity index (χ4v) is 5.37. The van der Waals surface area contributed by atoms with Crippen LogP contribution < -0.4 is 4.90 Å². The lowest BCUT2D eigenvalue weighted by Crippen LogP contribution is -2.47. The molecule has 0 amide bonds. The van der Waals surface area contributed by atoms with Gasteiger partial charge in [0.2, 0.25) is 5.95 Å². The fraction of sp³-hybridized carbons (Fsp3) is 0.370. The summed E-state index contributed by atoms with van der Waals surface area (Å²) in [6, 6.07) is 13.7. The minimum Gasteiger partial charge on any atom is -0.479 e. The smallest absolute Gasteiger partial charge is 0.335 e. The number of piperazine rings is 1. The van der Waals surface area contributed by atoms with Crippen molar-refractivity contribution in [3.05, 3.63) is 69.5 Å². The summed E-state index contributed by atoms with van der Waals surface area (Å²) in [6.45, 7) is 5.45. The van der Waals surface area contributed by atoms with Crippen molar-refractivity contribution in [3.63, 3.8) is 0 Å². The summed E-state index contributed by atoms with van der Waals surface area (Å²) < 4.78 is 2.14. The maximum absolute atomic E-state index is 9.77. The molecule has 5 rings (SSSR count). The molecule has 0 unspecified atom stereocenters. The van der Waals surface area contributed by atoms with E-state index in [1.165, 1.54) is 0 Å². The number of fused-ring (bicyclic) bond motifs is 3. The monoisotopic (exact) mass is 636 g/mol. The first-order valence-corrected chi connectivity index (χ1v) is 15.1. The second kappa shape index (κ2) is 14.3. The van der Waals surface area contributed by atoms with Crippen molar-refractivity contribution >= 4 is 58.6 Å². The highest BCUT2D eigenvalue weighted by Crippen LogP contribution is 2.32. The highest BCUT2D eigenvalue weighted by atomic mass is 35.5. The minimum atomic E-state index is -2.27. The number of rotatable bonds is 8. The van der Waals surface area contributed by atoms with E-state index >= 15 is 0 Å². The number of aliphatic imine (C=N–C) groups is 1. The highest BCUT2D eigenvalue weighted by Gasteiger charge is 2.30. The summed E-state index contributed by atoms with van der Waals surface area (Å²) in [4.78, 5) is 29.3. The van der Waals surface area contributed by atoms with Gasteiger partial charge in [-0.05, 0) is 30.5 Å². The van der Waals surface area contributed by atoms with Gasteiger partial charge in [0.15, 0.2) is 18.0 Å². The van der Waals surface area contributed by atoms with E-state index in [4.69, 9.17) is 48.6 Å². The van der Waals surface area contributed by atoms with Crippen molar-refractivity contribution in [2.45, 2.75) is 18.8 Å². The Kier molecular flexibility index (Phi) is 10.8. The highest BCUT2D eigenvalue weighted by molar-refractivity contribution is 7.98.